The molecule has 0 fully saturated rings. The zero-order chi connectivity index (χ0) is 14.7. The normalized spacial score (nSPS) is 17.0. The van der Waals surface area contributed by atoms with Crippen LogP contribution in [0.5, 0.6) is 11.6 Å². The quantitative estimate of drug-likeness (QED) is 0.931. The zero-order valence-electron chi connectivity index (χ0n) is 12.4. The number of aryl methyl sites for hydroxylation is 1. The maximum atomic E-state index is 5.32. The van der Waals surface area contributed by atoms with E-state index >= 15 is 0 Å². The molecule has 1 aliphatic carbocycles. The largest absolute Gasteiger partial charge is 0.497 e. The summed E-state index contributed by atoms with van der Waals surface area (Å²) in [6.07, 6.45) is 5.25. The molecule has 3 rings (SSSR count). The third kappa shape index (κ3) is 2.94. The van der Waals surface area contributed by atoms with Gasteiger partial charge in [-0.1, -0.05) is 6.07 Å². The van der Waals surface area contributed by atoms with E-state index in [4.69, 9.17) is 9.47 Å². The van der Waals surface area contributed by atoms with Crippen molar-refractivity contribution in [2.24, 2.45) is 0 Å². The van der Waals surface area contributed by atoms with Crippen LogP contribution in [-0.4, -0.2) is 19.2 Å². The van der Waals surface area contributed by atoms with Crippen molar-refractivity contribution in [2.75, 3.05) is 19.5 Å². The topological polar surface area (TPSA) is 43.4 Å². The number of hydrogen-bond donors (Lipinski definition) is 1. The lowest BCUT2D eigenvalue weighted by atomic mass is 9.87. The molecule has 1 aromatic heterocycles. The minimum absolute atomic E-state index is 0.329. The summed E-state index contributed by atoms with van der Waals surface area (Å²) < 4.78 is 10.4. The second kappa shape index (κ2) is 6.04. The van der Waals surface area contributed by atoms with Crippen LogP contribution in [0, 0.1) is 0 Å². The summed E-state index contributed by atoms with van der Waals surface area (Å²) in [7, 11) is 3.34. The summed E-state index contributed by atoms with van der Waals surface area (Å²) in [6, 6.07) is 10.6. The Kier molecular flexibility index (Phi) is 3.95. The Morgan fingerprint density at radius 3 is 2.76 bits per heavy atom. The van der Waals surface area contributed by atoms with Gasteiger partial charge in [-0.25, -0.2) is 4.98 Å². The zero-order valence-corrected chi connectivity index (χ0v) is 12.4. The van der Waals surface area contributed by atoms with Crippen molar-refractivity contribution in [3.8, 4) is 11.6 Å². The van der Waals surface area contributed by atoms with Crippen LogP contribution in [0.4, 0.5) is 5.69 Å². The van der Waals surface area contributed by atoms with Crippen molar-refractivity contribution in [1.29, 1.82) is 0 Å². The average Bonchev–Trinajstić information content (AvgIpc) is 2.55. The second-order valence-electron chi connectivity index (χ2n) is 5.24. The fourth-order valence-electron chi connectivity index (χ4n) is 2.86. The monoisotopic (exact) mass is 284 g/mol. The molecule has 4 nitrogen and oxygen atoms in total. The molecule has 1 N–H and O–H groups in total. The van der Waals surface area contributed by atoms with E-state index in [1.807, 2.05) is 24.4 Å². The van der Waals surface area contributed by atoms with Gasteiger partial charge in [0.25, 0.3) is 0 Å². The minimum Gasteiger partial charge on any atom is -0.497 e. The summed E-state index contributed by atoms with van der Waals surface area (Å²) in [5, 5.41) is 3.57. The number of nitrogens with zero attached hydrogens (tertiary/aromatic N) is 1. The van der Waals surface area contributed by atoms with E-state index in [0.717, 1.165) is 24.3 Å². The Bertz CT molecular complexity index is 611. The van der Waals surface area contributed by atoms with Gasteiger partial charge in [0.15, 0.2) is 0 Å². The SMILES string of the molecule is COc1ccc2c(c1)CCCC2Nc1ccc(OC)nc1. The summed E-state index contributed by atoms with van der Waals surface area (Å²) in [4.78, 5) is 4.24. The number of hydrogen-bond acceptors (Lipinski definition) is 4. The fraction of sp³-hybridized carbons (Fsp3) is 0.353. The molecule has 1 aliphatic rings. The number of aromatic nitrogens is 1. The van der Waals surface area contributed by atoms with E-state index in [1.54, 1.807) is 14.2 Å². The molecule has 0 aliphatic heterocycles. The number of benzene rings is 1. The van der Waals surface area contributed by atoms with Crippen LogP contribution < -0.4 is 14.8 Å². The smallest absolute Gasteiger partial charge is 0.213 e. The first-order chi connectivity index (χ1) is 10.3. The van der Waals surface area contributed by atoms with Crippen molar-refractivity contribution < 1.29 is 9.47 Å². The number of ether oxygens (including phenoxy) is 2. The Morgan fingerprint density at radius 2 is 2.05 bits per heavy atom. The molecule has 0 saturated heterocycles. The van der Waals surface area contributed by atoms with Crippen LogP contribution in [0.1, 0.15) is 30.0 Å². The lowest BCUT2D eigenvalue weighted by Gasteiger charge is -2.27. The number of nitrogens with one attached hydrogen (secondary N) is 1. The summed E-state index contributed by atoms with van der Waals surface area (Å²) in [5.41, 5.74) is 3.75. The molecule has 21 heavy (non-hydrogen) atoms. The molecule has 1 atom stereocenters. The van der Waals surface area contributed by atoms with Gasteiger partial charge < -0.3 is 14.8 Å². The van der Waals surface area contributed by atoms with Gasteiger partial charge in [-0.15, -0.1) is 0 Å². The highest BCUT2D eigenvalue weighted by molar-refractivity contribution is 5.48. The first kappa shape index (κ1) is 13.7. The van der Waals surface area contributed by atoms with Crippen molar-refractivity contribution in [1.82, 2.24) is 4.98 Å². The van der Waals surface area contributed by atoms with Crippen molar-refractivity contribution in [2.45, 2.75) is 25.3 Å². The highest BCUT2D eigenvalue weighted by Gasteiger charge is 2.20. The summed E-state index contributed by atoms with van der Waals surface area (Å²) >= 11 is 0. The highest BCUT2D eigenvalue weighted by atomic mass is 16.5. The van der Waals surface area contributed by atoms with Crippen LogP contribution >= 0.6 is 0 Å². The Morgan fingerprint density at radius 1 is 1.14 bits per heavy atom. The van der Waals surface area contributed by atoms with Crippen LogP contribution in [0.2, 0.25) is 0 Å². The lowest BCUT2D eigenvalue weighted by Crippen LogP contribution is -2.17. The molecule has 0 bridgehead atoms. The van der Waals surface area contributed by atoms with Crippen LogP contribution in [-0.2, 0) is 6.42 Å². The van der Waals surface area contributed by atoms with Gasteiger partial charge >= 0.3 is 0 Å². The van der Waals surface area contributed by atoms with Crippen molar-refractivity contribution >= 4 is 5.69 Å². The van der Waals surface area contributed by atoms with E-state index in [1.165, 1.54) is 17.5 Å². The predicted octanol–water partition coefficient (Wildman–Crippen LogP) is 3.59. The number of pyridine rings is 1. The molecule has 0 amide bonds. The fourth-order valence-corrected chi connectivity index (χ4v) is 2.86. The molecule has 0 spiro atoms. The molecule has 1 unspecified atom stereocenters. The predicted molar refractivity (Wildman–Crippen MR) is 83.1 cm³/mol. The van der Waals surface area contributed by atoms with E-state index in [-0.39, 0.29) is 0 Å². The number of anilines is 1. The molecule has 4 heteroatoms. The molecule has 1 heterocycles. The van der Waals surface area contributed by atoms with Crippen molar-refractivity contribution in [3.05, 3.63) is 47.7 Å². The molecular formula is C17H20N2O2. The van der Waals surface area contributed by atoms with Gasteiger partial charge in [-0.2, -0.15) is 0 Å². The number of fused-ring (bicyclic) bond motifs is 1. The van der Waals surface area contributed by atoms with Crippen LogP contribution in [0.25, 0.3) is 0 Å². The minimum atomic E-state index is 0.329. The second-order valence-corrected chi connectivity index (χ2v) is 5.24. The third-order valence-corrected chi connectivity index (χ3v) is 3.95. The highest BCUT2D eigenvalue weighted by Crippen LogP contribution is 2.34. The molecule has 0 saturated carbocycles. The van der Waals surface area contributed by atoms with Gasteiger partial charge in [-0.3, -0.25) is 0 Å². The van der Waals surface area contributed by atoms with Gasteiger partial charge in [-0.05, 0) is 48.6 Å². The first-order valence-corrected chi connectivity index (χ1v) is 7.23. The lowest BCUT2D eigenvalue weighted by molar-refractivity contribution is 0.398. The molecular weight excluding hydrogens is 264 g/mol. The van der Waals surface area contributed by atoms with E-state index < -0.39 is 0 Å². The van der Waals surface area contributed by atoms with E-state index in [9.17, 15) is 0 Å². The summed E-state index contributed by atoms with van der Waals surface area (Å²) in [5.74, 6) is 1.56. The maximum absolute atomic E-state index is 5.32. The summed E-state index contributed by atoms with van der Waals surface area (Å²) in [6.45, 7) is 0. The standard InChI is InChI=1S/C17H20N2O2/c1-20-14-7-8-15-12(10-14)4-3-5-16(15)19-13-6-9-17(21-2)18-11-13/h6-11,16,19H,3-5H2,1-2H3. The Balaban J connectivity index is 1.81. The van der Waals surface area contributed by atoms with Gasteiger partial charge in [0, 0.05) is 6.07 Å². The van der Waals surface area contributed by atoms with Crippen LogP contribution in [0.15, 0.2) is 36.5 Å². The molecule has 2 aromatic rings. The van der Waals surface area contributed by atoms with Crippen LogP contribution in [0.3, 0.4) is 0 Å². The average molecular weight is 284 g/mol. The third-order valence-electron chi connectivity index (χ3n) is 3.95. The number of methoxy groups -OCH3 is 2. The van der Waals surface area contributed by atoms with Gasteiger partial charge in [0.1, 0.15) is 5.75 Å². The molecule has 110 valence electrons. The Hall–Kier alpha value is -2.23. The van der Waals surface area contributed by atoms with Gasteiger partial charge in [0.05, 0.1) is 32.1 Å². The number of rotatable bonds is 4. The maximum Gasteiger partial charge on any atom is 0.213 e. The van der Waals surface area contributed by atoms with E-state index in [0.29, 0.717) is 11.9 Å². The van der Waals surface area contributed by atoms with Crippen molar-refractivity contribution in [3.63, 3.8) is 0 Å². The Labute approximate surface area is 125 Å². The molecule has 0 radical (unpaired) electrons. The molecule has 1 aromatic carbocycles. The first-order valence-electron chi connectivity index (χ1n) is 7.23. The van der Waals surface area contributed by atoms with Gasteiger partial charge in [0.2, 0.25) is 5.88 Å². The van der Waals surface area contributed by atoms with E-state index in [2.05, 4.69) is 22.4 Å².